The van der Waals surface area contributed by atoms with Crippen molar-refractivity contribution in [3.8, 4) is 0 Å². The number of rotatable bonds is 6. The van der Waals surface area contributed by atoms with E-state index >= 15 is 0 Å². The number of hydrogen-bond acceptors (Lipinski definition) is 5. The van der Waals surface area contributed by atoms with Crippen LogP contribution in [0.3, 0.4) is 0 Å². The normalized spacial score (nSPS) is 16.9. The monoisotopic (exact) mass is 564 g/mol. The Morgan fingerprint density at radius 1 is 0.756 bits per heavy atom. The summed E-state index contributed by atoms with van der Waals surface area (Å²) in [6, 6.07) is 26.2. The maximum Gasteiger partial charge on any atom is 0.232 e. The van der Waals surface area contributed by atoms with Crippen molar-refractivity contribution in [2.24, 2.45) is 0 Å². The first-order valence-electron chi connectivity index (χ1n) is 14.4. The standard InChI is InChI=1S/C33H33FN6S/c34-28-13-11-27(12-14-28)33(15-5-6-16-33)22-35-32(41)38-31-36-29(39-18-23-7-1-2-8-24(23)19-39)17-30(37-31)40-20-25-9-3-4-10-26(25)21-40/h1-4,7-14,17H,5-6,15-16,18-22H2,(H2,35,36,37,38,41). The first-order valence-corrected chi connectivity index (χ1v) is 14.8. The number of fused-ring (bicyclic) bond motifs is 2. The molecule has 7 rings (SSSR count). The van der Waals surface area contributed by atoms with Gasteiger partial charge in [0.05, 0.1) is 0 Å². The van der Waals surface area contributed by atoms with E-state index in [0.29, 0.717) is 17.6 Å². The molecule has 2 aliphatic heterocycles. The summed E-state index contributed by atoms with van der Waals surface area (Å²) in [5, 5.41) is 7.25. The fourth-order valence-corrected chi connectivity index (χ4v) is 6.77. The maximum atomic E-state index is 13.6. The lowest BCUT2D eigenvalue weighted by Gasteiger charge is -2.30. The third kappa shape index (κ3) is 5.24. The molecule has 0 radical (unpaired) electrons. The van der Waals surface area contributed by atoms with Gasteiger partial charge in [0.25, 0.3) is 0 Å². The molecule has 6 nitrogen and oxygen atoms in total. The molecule has 3 heterocycles. The van der Waals surface area contributed by atoms with Crippen molar-refractivity contribution in [1.82, 2.24) is 15.3 Å². The molecule has 208 valence electrons. The molecule has 0 bridgehead atoms. The lowest BCUT2D eigenvalue weighted by atomic mass is 9.79. The third-order valence-electron chi connectivity index (χ3n) is 8.86. The zero-order chi connectivity index (χ0) is 27.8. The number of aromatic nitrogens is 2. The summed E-state index contributed by atoms with van der Waals surface area (Å²) in [6.45, 7) is 3.94. The van der Waals surface area contributed by atoms with Gasteiger partial charge in [-0.05, 0) is 65.0 Å². The summed E-state index contributed by atoms with van der Waals surface area (Å²) in [7, 11) is 0. The largest absolute Gasteiger partial charge is 0.361 e. The minimum atomic E-state index is -0.206. The van der Waals surface area contributed by atoms with Crippen molar-refractivity contribution < 1.29 is 4.39 Å². The van der Waals surface area contributed by atoms with Crippen LogP contribution in [0.2, 0.25) is 0 Å². The number of hydrogen-bond donors (Lipinski definition) is 2. The highest BCUT2D eigenvalue weighted by Gasteiger charge is 2.35. The Morgan fingerprint density at radius 3 is 1.73 bits per heavy atom. The smallest absolute Gasteiger partial charge is 0.232 e. The minimum absolute atomic E-state index is 0.0596. The maximum absolute atomic E-state index is 13.6. The van der Waals surface area contributed by atoms with Gasteiger partial charge in [-0.3, -0.25) is 0 Å². The van der Waals surface area contributed by atoms with E-state index in [0.717, 1.165) is 69.1 Å². The van der Waals surface area contributed by atoms with Gasteiger partial charge in [0.15, 0.2) is 5.11 Å². The number of nitrogens with one attached hydrogen (secondary N) is 2. The van der Waals surface area contributed by atoms with Gasteiger partial charge in [-0.1, -0.05) is 73.5 Å². The molecule has 0 saturated heterocycles. The molecule has 0 amide bonds. The van der Waals surface area contributed by atoms with Gasteiger partial charge >= 0.3 is 0 Å². The molecule has 1 saturated carbocycles. The van der Waals surface area contributed by atoms with Crippen molar-refractivity contribution >= 4 is 34.9 Å². The summed E-state index contributed by atoms with van der Waals surface area (Å²) in [5.41, 5.74) is 6.42. The molecule has 1 fully saturated rings. The van der Waals surface area contributed by atoms with Crippen LogP contribution >= 0.6 is 12.2 Å². The van der Waals surface area contributed by atoms with Crippen LogP contribution in [0.5, 0.6) is 0 Å². The number of nitrogens with zero attached hydrogens (tertiary/aromatic N) is 4. The van der Waals surface area contributed by atoms with Gasteiger partial charge in [-0.2, -0.15) is 9.97 Å². The van der Waals surface area contributed by atoms with Gasteiger partial charge < -0.3 is 20.4 Å². The Bertz CT molecular complexity index is 1460. The Labute approximate surface area is 245 Å². The molecule has 3 aliphatic rings. The predicted molar refractivity (Wildman–Crippen MR) is 165 cm³/mol. The Hall–Kier alpha value is -4.04. The number of thiocarbonyl (C=S) groups is 1. The molecular weight excluding hydrogens is 531 g/mol. The van der Waals surface area contributed by atoms with Crippen LogP contribution in [0, 0.1) is 5.82 Å². The molecular formula is C33H33FN6S. The van der Waals surface area contributed by atoms with Crippen molar-refractivity contribution in [2.75, 3.05) is 21.7 Å². The number of halogens is 1. The molecule has 0 atom stereocenters. The first kappa shape index (κ1) is 25.9. The number of anilines is 3. The van der Waals surface area contributed by atoms with Crippen LogP contribution in [0.1, 0.15) is 53.5 Å². The average molecular weight is 565 g/mol. The first-order chi connectivity index (χ1) is 20.0. The Balaban J connectivity index is 1.12. The second-order valence-corrected chi connectivity index (χ2v) is 11.9. The van der Waals surface area contributed by atoms with Crippen LogP contribution in [-0.2, 0) is 31.6 Å². The Morgan fingerprint density at radius 2 is 1.24 bits per heavy atom. The van der Waals surface area contributed by atoms with Gasteiger partial charge in [0, 0.05) is 44.2 Å². The quantitative estimate of drug-likeness (QED) is 0.261. The zero-order valence-electron chi connectivity index (χ0n) is 22.9. The van der Waals surface area contributed by atoms with Crippen molar-refractivity contribution in [3.63, 3.8) is 0 Å². The summed E-state index contributed by atoms with van der Waals surface area (Å²) in [4.78, 5) is 14.5. The topological polar surface area (TPSA) is 56.3 Å². The van der Waals surface area contributed by atoms with E-state index in [2.05, 4.69) is 75.0 Å². The number of benzene rings is 3. The zero-order valence-corrected chi connectivity index (χ0v) is 23.8. The highest BCUT2D eigenvalue weighted by Crippen LogP contribution is 2.41. The van der Waals surface area contributed by atoms with Crippen LogP contribution in [0.25, 0.3) is 0 Å². The summed E-state index contributed by atoms with van der Waals surface area (Å²) < 4.78 is 13.6. The molecule has 1 aliphatic carbocycles. The predicted octanol–water partition coefficient (Wildman–Crippen LogP) is 6.45. The minimum Gasteiger partial charge on any atom is -0.361 e. The van der Waals surface area contributed by atoms with Crippen LogP contribution in [-0.4, -0.2) is 21.6 Å². The van der Waals surface area contributed by atoms with Crippen LogP contribution in [0.4, 0.5) is 22.0 Å². The van der Waals surface area contributed by atoms with E-state index in [1.165, 1.54) is 22.3 Å². The molecule has 8 heteroatoms. The van der Waals surface area contributed by atoms with Gasteiger partial charge in [-0.25, -0.2) is 4.39 Å². The van der Waals surface area contributed by atoms with Crippen LogP contribution in [0.15, 0.2) is 78.9 Å². The molecule has 3 aromatic carbocycles. The van der Waals surface area contributed by atoms with Crippen LogP contribution < -0.4 is 20.4 Å². The van der Waals surface area contributed by atoms with Gasteiger partial charge in [-0.15, -0.1) is 0 Å². The van der Waals surface area contributed by atoms with E-state index in [9.17, 15) is 4.39 Å². The van der Waals surface area contributed by atoms with Crippen molar-refractivity contribution in [3.05, 3.63) is 112 Å². The second kappa shape index (κ2) is 10.7. The van der Waals surface area contributed by atoms with E-state index in [1.807, 2.05) is 12.1 Å². The average Bonchev–Trinajstić information content (AvgIpc) is 3.75. The lowest BCUT2D eigenvalue weighted by Crippen LogP contribution is -2.41. The van der Waals surface area contributed by atoms with Gasteiger partial charge in [0.2, 0.25) is 5.95 Å². The fourth-order valence-electron chi connectivity index (χ4n) is 6.61. The molecule has 41 heavy (non-hydrogen) atoms. The second-order valence-electron chi connectivity index (χ2n) is 11.5. The molecule has 2 N–H and O–H groups in total. The van der Waals surface area contributed by atoms with E-state index in [-0.39, 0.29) is 11.2 Å². The van der Waals surface area contributed by atoms with Crippen molar-refractivity contribution in [2.45, 2.75) is 57.3 Å². The van der Waals surface area contributed by atoms with E-state index < -0.39 is 0 Å². The summed E-state index contributed by atoms with van der Waals surface area (Å²) >= 11 is 5.77. The fraction of sp³-hybridized carbons (Fsp3) is 0.303. The molecule has 0 spiro atoms. The lowest BCUT2D eigenvalue weighted by molar-refractivity contribution is 0.434. The van der Waals surface area contributed by atoms with E-state index in [1.54, 1.807) is 12.1 Å². The molecule has 1 aromatic heterocycles. The summed E-state index contributed by atoms with van der Waals surface area (Å²) in [5.74, 6) is 2.04. The Kier molecular flexibility index (Phi) is 6.79. The highest BCUT2D eigenvalue weighted by atomic mass is 32.1. The summed E-state index contributed by atoms with van der Waals surface area (Å²) in [6.07, 6.45) is 4.42. The highest BCUT2D eigenvalue weighted by molar-refractivity contribution is 7.80. The van der Waals surface area contributed by atoms with Crippen molar-refractivity contribution in [1.29, 1.82) is 0 Å². The van der Waals surface area contributed by atoms with Gasteiger partial charge in [0.1, 0.15) is 17.5 Å². The third-order valence-corrected chi connectivity index (χ3v) is 9.11. The van der Waals surface area contributed by atoms with E-state index in [4.69, 9.17) is 22.2 Å². The molecule has 4 aromatic rings. The SMILES string of the molecule is Fc1ccc(C2(CNC(=S)Nc3nc(N4Cc5ccccc5C4)cc(N4Cc5ccccc5C4)n3)CCCC2)cc1. The molecule has 0 unspecified atom stereocenters.